The smallest absolute Gasteiger partial charge is 0.219 e. The number of amides is 1. The summed E-state index contributed by atoms with van der Waals surface area (Å²) in [5.74, 6) is 1.76. The van der Waals surface area contributed by atoms with Crippen molar-refractivity contribution < 1.29 is 4.79 Å². The summed E-state index contributed by atoms with van der Waals surface area (Å²) in [5.41, 5.74) is 4.39. The van der Waals surface area contributed by atoms with Gasteiger partial charge in [-0.25, -0.2) is 0 Å². The molecule has 3 nitrogen and oxygen atoms in total. The summed E-state index contributed by atoms with van der Waals surface area (Å²) in [6.45, 7) is 5.53. The molecule has 1 fully saturated rings. The first kappa shape index (κ1) is 14.1. The van der Waals surface area contributed by atoms with Gasteiger partial charge in [0, 0.05) is 38.8 Å². The van der Waals surface area contributed by atoms with Crippen LogP contribution in [-0.4, -0.2) is 30.4 Å². The minimum atomic E-state index is 0.201. The van der Waals surface area contributed by atoms with E-state index in [1.54, 1.807) is 12.5 Å². The van der Waals surface area contributed by atoms with E-state index in [9.17, 15) is 4.79 Å². The number of para-hydroxylation sites is 1. The van der Waals surface area contributed by atoms with Gasteiger partial charge in [-0.3, -0.25) is 4.79 Å². The number of fused-ring (bicyclic) bond motifs is 2. The standard InChI is InChI=1S/C19H26N2O/c1-14(22)20-10-11-21-12-15-6-3-2-4-8-17(15)18-9-5-7-16(13-20)19(18)21/h5,7,9,15,17H,2-4,6,8,10-13H2,1H3/t15-,17-/m1/s1. The van der Waals surface area contributed by atoms with E-state index in [2.05, 4.69) is 23.1 Å². The SMILES string of the molecule is CC(=O)N1CCN2C[C@H]3CCCCC[C@H]3c3cccc(c32)C1. The first-order valence-electron chi connectivity index (χ1n) is 8.86. The van der Waals surface area contributed by atoms with Crippen LogP contribution in [0.5, 0.6) is 0 Å². The van der Waals surface area contributed by atoms with Crippen molar-refractivity contribution in [1.82, 2.24) is 4.90 Å². The lowest BCUT2D eigenvalue weighted by Gasteiger charge is -2.41. The van der Waals surface area contributed by atoms with Crippen molar-refractivity contribution in [1.29, 1.82) is 0 Å². The highest BCUT2D eigenvalue weighted by atomic mass is 16.2. The topological polar surface area (TPSA) is 23.6 Å². The lowest BCUT2D eigenvalue weighted by Crippen LogP contribution is -2.40. The van der Waals surface area contributed by atoms with E-state index in [-0.39, 0.29) is 5.91 Å². The molecule has 2 aliphatic heterocycles. The Morgan fingerprint density at radius 2 is 2.00 bits per heavy atom. The van der Waals surface area contributed by atoms with E-state index in [0.29, 0.717) is 0 Å². The largest absolute Gasteiger partial charge is 0.369 e. The van der Waals surface area contributed by atoms with Gasteiger partial charge in [-0.1, -0.05) is 37.5 Å². The van der Waals surface area contributed by atoms with Crippen molar-refractivity contribution in [3.8, 4) is 0 Å². The molecule has 0 radical (unpaired) electrons. The van der Waals surface area contributed by atoms with E-state index in [1.165, 1.54) is 49.9 Å². The molecule has 1 amide bonds. The van der Waals surface area contributed by atoms with Crippen LogP contribution in [0, 0.1) is 5.92 Å². The molecule has 2 atom stereocenters. The maximum atomic E-state index is 11.9. The minimum absolute atomic E-state index is 0.201. The molecule has 1 aliphatic carbocycles. The molecule has 0 bridgehead atoms. The Bertz CT molecular complexity index is 583. The molecular formula is C19H26N2O. The molecule has 0 saturated heterocycles. The molecule has 3 aliphatic rings. The molecule has 2 heterocycles. The maximum absolute atomic E-state index is 11.9. The molecule has 0 N–H and O–H groups in total. The van der Waals surface area contributed by atoms with Crippen molar-refractivity contribution in [3.63, 3.8) is 0 Å². The fourth-order valence-corrected chi connectivity index (χ4v) is 4.81. The minimum Gasteiger partial charge on any atom is -0.369 e. The van der Waals surface area contributed by atoms with E-state index in [1.807, 2.05) is 4.90 Å². The third-order valence-electron chi connectivity index (χ3n) is 5.93. The van der Waals surface area contributed by atoms with Gasteiger partial charge in [-0.2, -0.15) is 0 Å². The monoisotopic (exact) mass is 298 g/mol. The molecule has 1 aromatic carbocycles. The van der Waals surface area contributed by atoms with Gasteiger partial charge < -0.3 is 9.80 Å². The van der Waals surface area contributed by atoms with Crippen LogP contribution in [-0.2, 0) is 11.3 Å². The summed E-state index contributed by atoms with van der Waals surface area (Å²) in [6, 6.07) is 6.80. The number of carbonyl (C=O) groups excluding carboxylic acids is 1. The number of anilines is 1. The molecule has 0 unspecified atom stereocenters. The normalized spacial score (nSPS) is 27.5. The number of carbonyl (C=O) groups is 1. The van der Waals surface area contributed by atoms with Gasteiger partial charge in [0.05, 0.1) is 0 Å². The van der Waals surface area contributed by atoms with Gasteiger partial charge in [0.25, 0.3) is 0 Å². The second-order valence-corrected chi connectivity index (χ2v) is 7.25. The number of rotatable bonds is 0. The predicted octanol–water partition coefficient (Wildman–Crippen LogP) is 3.53. The molecule has 118 valence electrons. The number of nitrogens with zero attached hydrogens (tertiary/aromatic N) is 2. The molecule has 0 spiro atoms. The summed E-state index contributed by atoms with van der Waals surface area (Å²) >= 11 is 0. The Kier molecular flexibility index (Phi) is 3.59. The highest BCUT2D eigenvalue weighted by molar-refractivity contribution is 5.74. The Hall–Kier alpha value is -1.51. The third-order valence-corrected chi connectivity index (χ3v) is 5.93. The molecule has 4 rings (SSSR count). The van der Waals surface area contributed by atoms with Gasteiger partial charge in [-0.15, -0.1) is 0 Å². The molecule has 22 heavy (non-hydrogen) atoms. The van der Waals surface area contributed by atoms with Gasteiger partial charge in [0.15, 0.2) is 0 Å². The van der Waals surface area contributed by atoms with Crippen LogP contribution < -0.4 is 4.90 Å². The summed E-state index contributed by atoms with van der Waals surface area (Å²) < 4.78 is 0. The lowest BCUT2D eigenvalue weighted by atomic mass is 9.77. The Balaban J connectivity index is 1.76. The quantitative estimate of drug-likeness (QED) is 0.731. The Morgan fingerprint density at radius 1 is 1.14 bits per heavy atom. The number of hydrogen-bond donors (Lipinski definition) is 0. The fraction of sp³-hybridized carbons (Fsp3) is 0.632. The van der Waals surface area contributed by atoms with E-state index in [0.717, 1.165) is 31.5 Å². The Labute approximate surface area is 133 Å². The molecular weight excluding hydrogens is 272 g/mol. The van der Waals surface area contributed by atoms with Gasteiger partial charge >= 0.3 is 0 Å². The summed E-state index contributed by atoms with van der Waals surface area (Å²) in [7, 11) is 0. The van der Waals surface area contributed by atoms with Gasteiger partial charge in [0.1, 0.15) is 0 Å². The van der Waals surface area contributed by atoms with Crippen LogP contribution >= 0.6 is 0 Å². The summed E-state index contributed by atoms with van der Waals surface area (Å²) in [4.78, 5) is 16.4. The van der Waals surface area contributed by atoms with Crippen molar-refractivity contribution in [2.75, 3.05) is 24.5 Å². The average molecular weight is 298 g/mol. The van der Waals surface area contributed by atoms with Crippen molar-refractivity contribution in [2.24, 2.45) is 5.92 Å². The summed E-state index contributed by atoms with van der Waals surface area (Å²) in [6.07, 6.45) is 6.90. The van der Waals surface area contributed by atoms with E-state index >= 15 is 0 Å². The third kappa shape index (κ3) is 2.31. The molecule has 1 aromatic rings. The lowest BCUT2D eigenvalue weighted by molar-refractivity contribution is -0.129. The zero-order chi connectivity index (χ0) is 15.1. The van der Waals surface area contributed by atoms with Crippen LogP contribution in [0.15, 0.2) is 18.2 Å². The second kappa shape index (κ2) is 5.60. The maximum Gasteiger partial charge on any atom is 0.219 e. The summed E-state index contributed by atoms with van der Waals surface area (Å²) in [5, 5.41) is 0. The van der Waals surface area contributed by atoms with Crippen LogP contribution in [0.3, 0.4) is 0 Å². The predicted molar refractivity (Wildman–Crippen MR) is 89.1 cm³/mol. The molecule has 1 saturated carbocycles. The van der Waals surface area contributed by atoms with Crippen LogP contribution in [0.2, 0.25) is 0 Å². The van der Waals surface area contributed by atoms with Crippen molar-refractivity contribution in [3.05, 3.63) is 29.3 Å². The van der Waals surface area contributed by atoms with E-state index in [4.69, 9.17) is 0 Å². The van der Waals surface area contributed by atoms with Crippen molar-refractivity contribution >= 4 is 11.6 Å². The fourth-order valence-electron chi connectivity index (χ4n) is 4.81. The van der Waals surface area contributed by atoms with E-state index < -0.39 is 0 Å². The first-order valence-corrected chi connectivity index (χ1v) is 8.86. The average Bonchev–Trinajstić information content (AvgIpc) is 2.85. The zero-order valence-corrected chi connectivity index (χ0v) is 13.6. The van der Waals surface area contributed by atoms with Gasteiger partial charge in [0.2, 0.25) is 5.91 Å². The first-order chi connectivity index (χ1) is 10.7. The van der Waals surface area contributed by atoms with Crippen LogP contribution in [0.4, 0.5) is 5.69 Å². The highest BCUT2D eigenvalue weighted by Gasteiger charge is 2.36. The second-order valence-electron chi connectivity index (χ2n) is 7.25. The Morgan fingerprint density at radius 3 is 2.86 bits per heavy atom. The number of benzene rings is 1. The van der Waals surface area contributed by atoms with Gasteiger partial charge in [-0.05, 0) is 35.8 Å². The van der Waals surface area contributed by atoms with Crippen LogP contribution in [0.25, 0.3) is 0 Å². The highest BCUT2D eigenvalue weighted by Crippen LogP contribution is 2.47. The zero-order valence-electron chi connectivity index (χ0n) is 13.6. The molecule has 3 heteroatoms. The number of hydrogen-bond acceptors (Lipinski definition) is 2. The van der Waals surface area contributed by atoms with Crippen molar-refractivity contribution in [2.45, 2.75) is 51.5 Å². The molecule has 0 aromatic heterocycles. The van der Waals surface area contributed by atoms with Crippen LogP contribution in [0.1, 0.15) is 56.1 Å².